The Hall–Kier alpha value is -3.11. The van der Waals surface area contributed by atoms with Crippen molar-refractivity contribution in [2.45, 2.75) is 51.0 Å². The molecule has 0 bridgehead atoms. The highest BCUT2D eigenvalue weighted by molar-refractivity contribution is 7.85. The molecule has 10 nitrogen and oxygen atoms in total. The molecule has 2 aliphatic heterocycles. The number of benzene rings is 1. The molecule has 1 aromatic carbocycles. The number of carbonyl (C=O) groups excluding carboxylic acids is 1. The number of carbonyl (C=O) groups is 1. The van der Waals surface area contributed by atoms with Gasteiger partial charge in [0.1, 0.15) is 6.10 Å². The van der Waals surface area contributed by atoms with E-state index in [1.54, 1.807) is 25.6 Å². The number of allylic oxidation sites excluding steroid dienone is 1. The molecule has 230 valence electrons. The van der Waals surface area contributed by atoms with Crippen LogP contribution in [0.4, 0.5) is 5.00 Å². The first-order valence-electron chi connectivity index (χ1n) is 14.1. The minimum absolute atomic E-state index is 0.00641. The molecular weight excluding hydrogens is 578 g/mol. The van der Waals surface area contributed by atoms with Crippen LogP contribution in [0.3, 0.4) is 0 Å². The minimum Gasteiger partial charge on any atom is -0.493 e. The molecule has 1 N–H and O–H groups in total. The summed E-state index contributed by atoms with van der Waals surface area (Å²) in [5.41, 5.74) is 1.36. The van der Waals surface area contributed by atoms with Gasteiger partial charge in [0.15, 0.2) is 11.5 Å². The Bertz CT molecular complexity index is 1330. The van der Waals surface area contributed by atoms with Gasteiger partial charge in [-0.15, -0.1) is 11.3 Å². The van der Waals surface area contributed by atoms with Crippen molar-refractivity contribution in [3.63, 3.8) is 0 Å². The second-order valence-corrected chi connectivity index (χ2v) is 12.9. The Morgan fingerprint density at radius 1 is 1.02 bits per heavy atom. The predicted octanol–water partition coefficient (Wildman–Crippen LogP) is 5.11. The van der Waals surface area contributed by atoms with E-state index in [1.807, 2.05) is 30.3 Å². The van der Waals surface area contributed by atoms with Crippen molar-refractivity contribution in [1.29, 1.82) is 5.26 Å². The van der Waals surface area contributed by atoms with E-state index in [-0.39, 0.29) is 12.1 Å². The zero-order valence-electron chi connectivity index (χ0n) is 24.6. The lowest BCUT2D eigenvalue weighted by Gasteiger charge is -2.32. The summed E-state index contributed by atoms with van der Waals surface area (Å²) < 4.78 is 42.4. The first-order valence-corrected chi connectivity index (χ1v) is 16.8. The third-order valence-electron chi connectivity index (χ3n) is 7.07. The van der Waals surface area contributed by atoms with Gasteiger partial charge in [-0.25, -0.2) is 0 Å². The van der Waals surface area contributed by atoms with Crippen LogP contribution < -0.4 is 14.4 Å². The zero-order chi connectivity index (χ0) is 30.5. The lowest BCUT2D eigenvalue weighted by atomic mass is 10.1. The maximum atomic E-state index is 12.5. The van der Waals surface area contributed by atoms with Crippen molar-refractivity contribution < 1.29 is 32.0 Å². The Kier molecular flexibility index (Phi) is 13.1. The van der Waals surface area contributed by atoms with Crippen LogP contribution in [0.1, 0.15) is 55.4 Å². The van der Waals surface area contributed by atoms with Crippen molar-refractivity contribution in [3.8, 4) is 17.6 Å². The summed E-state index contributed by atoms with van der Waals surface area (Å²) in [6.07, 6.45) is 10.5. The van der Waals surface area contributed by atoms with Crippen LogP contribution in [-0.4, -0.2) is 83.1 Å². The van der Waals surface area contributed by atoms with Crippen LogP contribution in [0.25, 0.3) is 11.6 Å². The number of hydrogen-bond acceptors (Lipinski definition) is 10. The van der Waals surface area contributed by atoms with Gasteiger partial charge >= 0.3 is 5.97 Å². The fourth-order valence-electron chi connectivity index (χ4n) is 4.99. The fraction of sp³-hybridized carbons (Fsp3) is 0.533. The van der Waals surface area contributed by atoms with Crippen molar-refractivity contribution in [2.75, 3.05) is 58.1 Å². The summed E-state index contributed by atoms with van der Waals surface area (Å²) in [7, 11) is -0.486. The molecule has 0 spiro atoms. The van der Waals surface area contributed by atoms with Gasteiger partial charge in [-0.1, -0.05) is 19.3 Å². The summed E-state index contributed by atoms with van der Waals surface area (Å²) in [5, 5.41) is 10.9. The lowest BCUT2D eigenvalue weighted by Crippen LogP contribution is -2.40. The number of nitrogens with zero attached hydrogens (tertiary/aromatic N) is 3. The molecule has 2 fully saturated rings. The molecular formula is C30H41N3O7S2. The van der Waals surface area contributed by atoms with Crippen molar-refractivity contribution in [3.05, 3.63) is 40.8 Å². The van der Waals surface area contributed by atoms with E-state index in [0.29, 0.717) is 29.9 Å². The van der Waals surface area contributed by atoms with Gasteiger partial charge in [0, 0.05) is 30.8 Å². The molecule has 0 atom stereocenters. The number of ether oxygens (including phenoxy) is 3. The first kappa shape index (κ1) is 33.4. The molecule has 12 heteroatoms. The number of piperidine rings is 1. The minimum atomic E-state index is -3.67. The lowest BCUT2D eigenvalue weighted by molar-refractivity contribution is -0.151. The van der Waals surface area contributed by atoms with E-state index in [0.717, 1.165) is 49.5 Å². The smallest absolute Gasteiger partial charge is 0.320 e. The number of rotatable bonds is 8. The van der Waals surface area contributed by atoms with E-state index in [2.05, 4.69) is 21.9 Å². The number of anilines is 1. The largest absolute Gasteiger partial charge is 0.493 e. The number of likely N-dealkylation sites (tertiary alicyclic amines) is 1. The van der Waals surface area contributed by atoms with Crippen molar-refractivity contribution in [1.82, 2.24) is 4.90 Å². The number of methoxy groups -OCH3 is 2. The Morgan fingerprint density at radius 2 is 1.64 bits per heavy atom. The van der Waals surface area contributed by atoms with Gasteiger partial charge in [-0.05, 0) is 67.9 Å². The van der Waals surface area contributed by atoms with E-state index in [4.69, 9.17) is 18.8 Å². The molecule has 4 rings (SSSR count). The van der Waals surface area contributed by atoms with E-state index < -0.39 is 10.1 Å². The highest BCUT2D eigenvalue weighted by Gasteiger charge is 2.24. The van der Waals surface area contributed by atoms with Gasteiger partial charge < -0.3 is 19.1 Å². The second-order valence-electron chi connectivity index (χ2n) is 10.4. The highest BCUT2D eigenvalue weighted by atomic mass is 32.2. The molecule has 2 saturated heterocycles. The third kappa shape index (κ3) is 11.3. The molecule has 0 saturated carbocycles. The normalized spacial score (nSPS) is 17.2. The topological polar surface area (TPSA) is 129 Å². The van der Waals surface area contributed by atoms with Gasteiger partial charge in [0.25, 0.3) is 10.1 Å². The van der Waals surface area contributed by atoms with Crippen LogP contribution in [0.15, 0.2) is 30.3 Å². The van der Waals surface area contributed by atoms with Crippen LogP contribution in [0.5, 0.6) is 11.5 Å². The van der Waals surface area contributed by atoms with Crippen molar-refractivity contribution >= 4 is 44.1 Å². The third-order valence-corrected chi connectivity index (χ3v) is 8.16. The molecule has 1 aromatic heterocycles. The summed E-state index contributed by atoms with van der Waals surface area (Å²) >= 11 is 1.67. The summed E-state index contributed by atoms with van der Waals surface area (Å²) in [5.74, 6) is 1.15. The van der Waals surface area contributed by atoms with E-state index >= 15 is 0 Å². The number of nitriles is 1. The molecule has 3 heterocycles. The average Bonchev–Trinajstić information content (AvgIpc) is 3.41. The average molecular weight is 620 g/mol. The zero-order valence-corrected chi connectivity index (χ0v) is 26.2. The standard InChI is InChI=1S/C29H37N3O4S.CH4O3S/c1-34-26-10-8-22(19-27(26)35-2)23(20-30)18-25-9-11-28(37-25)32-16-12-24(13-17-32)36-29(33)21-31-14-6-4-3-5-7-15-31;1-5(2,3)4/h8-11,18-19,24H,3-7,12-17,21H2,1-2H3;1H3,(H,2,3,4). The van der Waals surface area contributed by atoms with Crippen molar-refractivity contribution in [2.24, 2.45) is 0 Å². The monoisotopic (exact) mass is 619 g/mol. The quantitative estimate of drug-likeness (QED) is 0.242. The van der Waals surface area contributed by atoms with Gasteiger partial charge in [-0.2, -0.15) is 13.7 Å². The molecule has 2 aromatic rings. The molecule has 0 aliphatic carbocycles. The summed E-state index contributed by atoms with van der Waals surface area (Å²) in [6, 6.07) is 12.0. The van der Waals surface area contributed by atoms with E-state index in [1.165, 1.54) is 37.1 Å². The Morgan fingerprint density at radius 3 is 2.24 bits per heavy atom. The Balaban J connectivity index is 0.000000892. The SMILES string of the molecule is COc1ccc(C(C#N)=Cc2ccc(N3CCC(OC(=O)CN4CCCCCCC4)CC3)s2)cc1OC.CS(=O)(=O)O. The van der Waals surface area contributed by atoms with Crippen LogP contribution in [-0.2, 0) is 19.6 Å². The maximum absolute atomic E-state index is 12.5. The van der Waals surface area contributed by atoms with E-state index in [9.17, 15) is 18.5 Å². The predicted molar refractivity (Wildman–Crippen MR) is 166 cm³/mol. The van der Waals surface area contributed by atoms with Crippen LogP contribution in [0.2, 0.25) is 0 Å². The summed E-state index contributed by atoms with van der Waals surface area (Å²) in [4.78, 5) is 18.1. The van der Waals surface area contributed by atoms with Gasteiger partial charge in [-0.3, -0.25) is 14.2 Å². The summed E-state index contributed by atoms with van der Waals surface area (Å²) in [6.45, 7) is 4.13. The van der Waals surface area contributed by atoms with Gasteiger partial charge in [0.2, 0.25) is 0 Å². The molecule has 0 unspecified atom stereocenters. The Labute approximate surface area is 253 Å². The highest BCUT2D eigenvalue weighted by Crippen LogP contribution is 2.34. The molecule has 0 radical (unpaired) electrons. The van der Waals surface area contributed by atoms with Crippen LogP contribution in [0, 0.1) is 11.3 Å². The molecule has 0 amide bonds. The fourth-order valence-corrected chi connectivity index (χ4v) is 5.99. The van der Waals surface area contributed by atoms with Gasteiger partial charge in [0.05, 0.1) is 43.7 Å². The first-order chi connectivity index (χ1) is 20.1. The molecule has 2 aliphatic rings. The number of esters is 1. The number of hydrogen-bond donors (Lipinski definition) is 1. The maximum Gasteiger partial charge on any atom is 0.320 e. The molecule has 42 heavy (non-hydrogen) atoms. The number of thiophene rings is 1. The van der Waals surface area contributed by atoms with Crippen LogP contribution >= 0.6 is 11.3 Å². The second kappa shape index (κ2) is 16.5.